The molecule has 2 unspecified atom stereocenters. The summed E-state index contributed by atoms with van der Waals surface area (Å²) in [7, 11) is 0. The van der Waals surface area contributed by atoms with Gasteiger partial charge in [-0.05, 0) is 25.7 Å². The van der Waals surface area contributed by atoms with Crippen molar-refractivity contribution in [2.75, 3.05) is 6.54 Å². The zero-order valence-corrected chi connectivity index (χ0v) is 10.1. The van der Waals surface area contributed by atoms with Gasteiger partial charge in [-0.15, -0.1) is 0 Å². The number of carbonyl (C=O) groups excluding carboxylic acids is 2. The highest BCUT2D eigenvalue weighted by atomic mass is 16.5. The van der Waals surface area contributed by atoms with Crippen molar-refractivity contribution in [1.29, 1.82) is 0 Å². The van der Waals surface area contributed by atoms with Gasteiger partial charge in [0, 0.05) is 13.0 Å². The highest BCUT2D eigenvalue weighted by molar-refractivity contribution is 5.82. The summed E-state index contributed by atoms with van der Waals surface area (Å²) < 4.78 is 5.09. The highest BCUT2D eigenvalue weighted by Crippen LogP contribution is 2.19. The molecule has 2 amide bonds. The number of hydrogen-bond acceptors (Lipinski definition) is 4. The predicted molar refractivity (Wildman–Crippen MR) is 61.6 cm³/mol. The molecular weight excluding hydrogens is 240 g/mol. The van der Waals surface area contributed by atoms with E-state index in [0.717, 1.165) is 0 Å². The van der Waals surface area contributed by atoms with Gasteiger partial charge in [0.05, 0.1) is 0 Å². The molecule has 0 saturated carbocycles. The fraction of sp³-hybridized carbons (Fsp3) is 0.727. The first-order chi connectivity index (χ1) is 8.50. The van der Waals surface area contributed by atoms with Crippen molar-refractivity contribution >= 4 is 17.8 Å². The molecule has 0 radical (unpaired) electrons. The average molecular weight is 258 g/mol. The van der Waals surface area contributed by atoms with Gasteiger partial charge in [-0.3, -0.25) is 9.59 Å². The van der Waals surface area contributed by atoms with Crippen LogP contribution in [0.2, 0.25) is 0 Å². The van der Waals surface area contributed by atoms with Crippen molar-refractivity contribution < 1.29 is 24.2 Å². The van der Waals surface area contributed by atoms with E-state index in [1.807, 2.05) is 0 Å². The SMILES string of the molecule is NC(=O)CCCCNC(=O)C1CCC(C(=O)O)O1. The topological polar surface area (TPSA) is 119 Å². The molecule has 0 aromatic heterocycles. The number of amides is 2. The Labute approximate surface area is 105 Å². The smallest absolute Gasteiger partial charge is 0.332 e. The number of unbranched alkanes of at least 4 members (excludes halogenated alkanes) is 1. The van der Waals surface area contributed by atoms with Gasteiger partial charge in [0.15, 0.2) is 6.10 Å². The van der Waals surface area contributed by atoms with Gasteiger partial charge in [-0.25, -0.2) is 4.79 Å². The third-order valence-corrected chi connectivity index (χ3v) is 2.74. The third kappa shape index (κ3) is 4.70. The molecular formula is C11H18N2O5. The monoisotopic (exact) mass is 258 g/mol. The van der Waals surface area contributed by atoms with Gasteiger partial charge in [0.1, 0.15) is 6.10 Å². The Morgan fingerprint density at radius 1 is 1.22 bits per heavy atom. The summed E-state index contributed by atoms with van der Waals surface area (Å²) in [6, 6.07) is 0. The van der Waals surface area contributed by atoms with Crippen LogP contribution in [0, 0.1) is 0 Å². The lowest BCUT2D eigenvalue weighted by atomic mass is 10.2. The number of rotatable bonds is 7. The Hall–Kier alpha value is -1.63. The summed E-state index contributed by atoms with van der Waals surface area (Å²) in [5, 5.41) is 11.4. The zero-order valence-electron chi connectivity index (χ0n) is 10.1. The number of nitrogens with two attached hydrogens (primary N) is 1. The largest absolute Gasteiger partial charge is 0.479 e. The molecule has 0 spiro atoms. The van der Waals surface area contributed by atoms with Crippen molar-refractivity contribution in [1.82, 2.24) is 5.32 Å². The number of carboxylic acid groups (broad SMARTS) is 1. The second-order valence-electron chi connectivity index (χ2n) is 4.24. The minimum Gasteiger partial charge on any atom is -0.479 e. The molecule has 0 aromatic rings. The maximum Gasteiger partial charge on any atom is 0.332 e. The van der Waals surface area contributed by atoms with Crippen LogP contribution >= 0.6 is 0 Å². The lowest BCUT2D eigenvalue weighted by Gasteiger charge is -2.11. The maximum absolute atomic E-state index is 11.6. The quantitative estimate of drug-likeness (QED) is 0.526. The lowest BCUT2D eigenvalue weighted by Crippen LogP contribution is -2.36. The first kappa shape index (κ1) is 14.4. The summed E-state index contributed by atoms with van der Waals surface area (Å²) in [4.78, 5) is 32.7. The standard InChI is InChI=1S/C11H18N2O5/c12-9(14)3-1-2-6-13-10(15)7-4-5-8(18-7)11(16)17/h7-8H,1-6H2,(H2,12,14)(H,13,15)(H,16,17). The first-order valence-corrected chi connectivity index (χ1v) is 5.95. The summed E-state index contributed by atoms with van der Waals surface area (Å²) in [6.45, 7) is 0.434. The normalized spacial score (nSPS) is 22.7. The van der Waals surface area contributed by atoms with Crippen LogP contribution in [0.15, 0.2) is 0 Å². The van der Waals surface area contributed by atoms with Crippen LogP contribution in [-0.4, -0.2) is 41.6 Å². The van der Waals surface area contributed by atoms with Crippen molar-refractivity contribution in [2.24, 2.45) is 5.73 Å². The van der Waals surface area contributed by atoms with Crippen molar-refractivity contribution in [2.45, 2.75) is 44.3 Å². The molecule has 102 valence electrons. The molecule has 1 aliphatic rings. The van der Waals surface area contributed by atoms with Crippen molar-refractivity contribution in [3.63, 3.8) is 0 Å². The van der Waals surface area contributed by atoms with E-state index >= 15 is 0 Å². The van der Waals surface area contributed by atoms with Crippen molar-refractivity contribution in [3.05, 3.63) is 0 Å². The number of nitrogens with one attached hydrogen (secondary N) is 1. The minimum atomic E-state index is -1.04. The fourth-order valence-corrected chi connectivity index (χ4v) is 1.76. The molecule has 1 heterocycles. The molecule has 7 nitrogen and oxygen atoms in total. The Morgan fingerprint density at radius 3 is 2.44 bits per heavy atom. The van der Waals surface area contributed by atoms with Gasteiger partial charge < -0.3 is 20.9 Å². The highest BCUT2D eigenvalue weighted by Gasteiger charge is 2.34. The summed E-state index contributed by atoms with van der Waals surface area (Å²) >= 11 is 0. The van der Waals surface area contributed by atoms with Gasteiger partial charge in [-0.2, -0.15) is 0 Å². The lowest BCUT2D eigenvalue weighted by molar-refractivity contribution is -0.151. The second-order valence-corrected chi connectivity index (χ2v) is 4.24. The zero-order chi connectivity index (χ0) is 13.5. The van der Waals surface area contributed by atoms with E-state index in [9.17, 15) is 14.4 Å². The average Bonchev–Trinajstić information content (AvgIpc) is 2.77. The van der Waals surface area contributed by atoms with E-state index in [1.165, 1.54) is 0 Å². The fourth-order valence-electron chi connectivity index (χ4n) is 1.76. The number of primary amides is 1. The molecule has 0 bridgehead atoms. The molecule has 1 fully saturated rings. The van der Waals surface area contributed by atoms with E-state index in [2.05, 4.69) is 5.32 Å². The summed E-state index contributed by atoms with van der Waals surface area (Å²) in [5.74, 6) is -1.69. The maximum atomic E-state index is 11.6. The van der Waals surface area contributed by atoms with Crippen LogP contribution < -0.4 is 11.1 Å². The summed E-state index contributed by atoms with van der Waals surface area (Å²) in [5.41, 5.74) is 4.98. The first-order valence-electron chi connectivity index (χ1n) is 5.95. The van der Waals surface area contributed by atoms with E-state index < -0.39 is 18.2 Å². The van der Waals surface area contributed by atoms with Crippen molar-refractivity contribution in [3.8, 4) is 0 Å². The molecule has 2 atom stereocenters. The molecule has 0 aromatic carbocycles. The number of aliphatic carboxylic acids is 1. The molecule has 7 heteroatoms. The van der Waals surface area contributed by atoms with Gasteiger partial charge in [0.2, 0.25) is 11.8 Å². The van der Waals surface area contributed by atoms with Crippen LogP contribution in [0.3, 0.4) is 0 Å². The molecule has 1 saturated heterocycles. The number of carboxylic acids is 1. The molecule has 1 aliphatic heterocycles. The van der Waals surface area contributed by atoms with E-state index in [4.69, 9.17) is 15.6 Å². The Bertz CT molecular complexity index is 331. The molecule has 0 aliphatic carbocycles. The second kappa shape index (κ2) is 6.95. The number of ether oxygens (including phenoxy) is 1. The van der Waals surface area contributed by atoms with Gasteiger partial charge in [0.25, 0.3) is 0 Å². The van der Waals surface area contributed by atoms with Crippen LogP contribution in [-0.2, 0) is 19.1 Å². The van der Waals surface area contributed by atoms with Crippen LogP contribution in [0.25, 0.3) is 0 Å². The van der Waals surface area contributed by atoms with E-state index in [-0.39, 0.29) is 11.8 Å². The third-order valence-electron chi connectivity index (χ3n) is 2.74. The van der Waals surface area contributed by atoms with E-state index in [0.29, 0.717) is 38.6 Å². The Kier molecular flexibility index (Phi) is 5.57. The molecule has 1 rings (SSSR count). The molecule has 18 heavy (non-hydrogen) atoms. The van der Waals surface area contributed by atoms with Crippen LogP contribution in [0.1, 0.15) is 32.1 Å². The Morgan fingerprint density at radius 2 is 1.89 bits per heavy atom. The van der Waals surface area contributed by atoms with E-state index in [1.54, 1.807) is 0 Å². The summed E-state index contributed by atoms with van der Waals surface area (Å²) in [6.07, 6.45) is 0.802. The number of carbonyl (C=O) groups is 3. The van der Waals surface area contributed by atoms with Crippen LogP contribution in [0.5, 0.6) is 0 Å². The van der Waals surface area contributed by atoms with Gasteiger partial charge in [-0.1, -0.05) is 0 Å². The predicted octanol–water partition coefficient (Wildman–Crippen LogP) is -0.610. The minimum absolute atomic E-state index is 0.294. The van der Waals surface area contributed by atoms with Crippen LogP contribution in [0.4, 0.5) is 0 Å². The Balaban J connectivity index is 2.14. The molecule has 4 N–H and O–H groups in total. The number of hydrogen-bond donors (Lipinski definition) is 3. The van der Waals surface area contributed by atoms with Gasteiger partial charge >= 0.3 is 5.97 Å².